The van der Waals surface area contributed by atoms with Crippen LogP contribution in [-0.2, 0) is 27.2 Å². The molecule has 3 aromatic heterocycles. The zero-order chi connectivity index (χ0) is 40.6. The second kappa shape index (κ2) is 15.7. The average Bonchev–Trinajstić information content (AvgIpc) is 3.83. The molecule has 0 saturated carbocycles. The van der Waals surface area contributed by atoms with Crippen molar-refractivity contribution in [3.63, 3.8) is 0 Å². The van der Waals surface area contributed by atoms with Crippen LogP contribution in [0.1, 0.15) is 99.6 Å². The van der Waals surface area contributed by atoms with E-state index in [4.69, 9.17) is 0 Å². The van der Waals surface area contributed by atoms with E-state index < -0.39 is 42.2 Å². The van der Waals surface area contributed by atoms with Crippen LogP contribution >= 0.6 is 0 Å². The number of phenolic OH excluding ortho intramolecular Hbond substituents is 1. The molecule has 9 N–H and O–H groups in total. The van der Waals surface area contributed by atoms with Crippen LogP contribution in [0.2, 0.25) is 0 Å². The maximum Gasteiger partial charge on any atom is 0.338 e. The molecule has 4 aromatic rings. The molecule has 13 nitrogen and oxygen atoms in total. The van der Waals surface area contributed by atoms with Crippen LogP contribution < -0.4 is 21.3 Å². The molecule has 0 spiro atoms. The number of carbonyl (C=O) groups excluding carboxylic acids is 1. The molecule has 2 aliphatic rings. The van der Waals surface area contributed by atoms with Gasteiger partial charge in [-0.1, -0.05) is 38.6 Å². The first kappa shape index (κ1) is 39.2. The zero-order valence-corrected chi connectivity index (χ0v) is 32.0. The minimum Gasteiger partial charge on any atom is -0.508 e. The Balaban J connectivity index is 1.61. The Labute approximate surface area is 323 Å². The van der Waals surface area contributed by atoms with Crippen molar-refractivity contribution in [3.05, 3.63) is 115 Å². The molecule has 292 valence electrons. The Hall–Kier alpha value is -6.50. The fourth-order valence-electron chi connectivity index (χ4n) is 8.03. The molecular formula is C43H47N5O8. The first-order valence-corrected chi connectivity index (χ1v) is 18.6. The number of aromatic amines is 3. The van der Waals surface area contributed by atoms with Gasteiger partial charge in [-0.05, 0) is 91.8 Å². The second-order valence-electron chi connectivity index (χ2n) is 14.6. The van der Waals surface area contributed by atoms with E-state index >= 15 is 0 Å². The third-order valence-corrected chi connectivity index (χ3v) is 11.1. The van der Waals surface area contributed by atoms with Crippen molar-refractivity contribution in [2.75, 3.05) is 0 Å². The van der Waals surface area contributed by atoms with E-state index in [9.17, 15) is 39.6 Å². The Morgan fingerprint density at radius 2 is 1.57 bits per heavy atom. The minimum absolute atomic E-state index is 0.0125. The molecule has 0 radical (unpaired) electrons. The third-order valence-electron chi connectivity index (χ3n) is 11.1. The number of aromatic nitrogens is 3. The van der Waals surface area contributed by atoms with E-state index in [0.29, 0.717) is 28.9 Å². The van der Waals surface area contributed by atoms with Crippen LogP contribution in [0.4, 0.5) is 0 Å². The molecular weight excluding hydrogens is 714 g/mol. The first-order valence-electron chi connectivity index (χ1n) is 18.6. The molecule has 3 atom stereocenters. The number of amides is 1. The molecule has 1 aromatic carbocycles. The predicted octanol–water partition coefficient (Wildman–Crippen LogP) is 4.85. The largest absolute Gasteiger partial charge is 0.508 e. The molecule has 56 heavy (non-hydrogen) atoms. The summed E-state index contributed by atoms with van der Waals surface area (Å²) in [6.45, 7) is 13.8. The number of hydrogen-bond acceptors (Lipinski definition) is 6. The number of aromatic carboxylic acids is 1. The number of carboxylic acid groups (broad SMARTS) is 3. The lowest BCUT2D eigenvalue weighted by Gasteiger charge is -2.20. The highest BCUT2D eigenvalue weighted by atomic mass is 16.4. The van der Waals surface area contributed by atoms with Crippen molar-refractivity contribution in [1.82, 2.24) is 25.6 Å². The van der Waals surface area contributed by atoms with Crippen LogP contribution in [0.25, 0.3) is 29.9 Å². The summed E-state index contributed by atoms with van der Waals surface area (Å²) in [7, 11) is 0. The fourth-order valence-corrected chi connectivity index (χ4v) is 8.03. The van der Waals surface area contributed by atoms with Gasteiger partial charge in [-0.2, -0.15) is 0 Å². The van der Waals surface area contributed by atoms with E-state index in [2.05, 4.69) is 32.2 Å². The maximum absolute atomic E-state index is 14.1. The Kier molecular flexibility index (Phi) is 11.0. The molecule has 0 unspecified atom stereocenters. The molecule has 2 aliphatic heterocycles. The molecule has 1 saturated heterocycles. The van der Waals surface area contributed by atoms with Crippen LogP contribution in [0, 0.1) is 32.6 Å². The number of allylic oxidation sites excluding steroid dienone is 2. The highest BCUT2D eigenvalue weighted by Crippen LogP contribution is 2.43. The van der Waals surface area contributed by atoms with Crippen LogP contribution in [-0.4, -0.2) is 65.2 Å². The fraction of sp³-hybridized carbons (Fsp3) is 0.302. The van der Waals surface area contributed by atoms with Crippen molar-refractivity contribution in [3.8, 4) is 5.75 Å². The van der Waals surface area contributed by atoms with Gasteiger partial charge >= 0.3 is 17.9 Å². The van der Waals surface area contributed by atoms with Crippen molar-refractivity contribution in [2.45, 2.75) is 72.8 Å². The van der Waals surface area contributed by atoms with Gasteiger partial charge in [0.25, 0.3) is 0 Å². The summed E-state index contributed by atoms with van der Waals surface area (Å²) < 4.78 is 0. The summed E-state index contributed by atoms with van der Waals surface area (Å²) in [5.41, 5.74) is 8.60. The lowest BCUT2D eigenvalue weighted by atomic mass is 9.85. The normalized spacial score (nSPS) is 16.6. The van der Waals surface area contributed by atoms with Gasteiger partial charge in [-0.15, -0.1) is 0 Å². The van der Waals surface area contributed by atoms with Crippen LogP contribution in [0.5, 0.6) is 5.75 Å². The summed E-state index contributed by atoms with van der Waals surface area (Å²) in [6, 6.07) is 4.64. The van der Waals surface area contributed by atoms with Gasteiger partial charge < -0.3 is 46.0 Å². The predicted molar refractivity (Wildman–Crippen MR) is 213 cm³/mol. The quantitative estimate of drug-likeness (QED) is 0.0962. The highest BCUT2D eigenvalue weighted by molar-refractivity contribution is 6.00. The van der Waals surface area contributed by atoms with Crippen LogP contribution in [0.3, 0.4) is 0 Å². The molecule has 0 aliphatic carbocycles. The summed E-state index contributed by atoms with van der Waals surface area (Å²) in [5.74, 6) is -4.96. The van der Waals surface area contributed by atoms with Gasteiger partial charge in [0.2, 0.25) is 5.91 Å². The number of hydrogen-bond donors (Lipinski definition) is 9. The Bertz CT molecular complexity index is 2460. The summed E-state index contributed by atoms with van der Waals surface area (Å²) >= 11 is 0. The highest BCUT2D eigenvalue weighted by Gasteiger charge is 2.38. The molecule has 8 bridgehead atoms. The summed E-state index contributed by atoms with van der Waals surface area (Å²) in [5, 5.41) is 48.1. The van der Waals surface area contributed by atoms with Crippen molar-refractivity contribution >= 4 is 53.7 Å². The number of phenols is 1. The van der Waals surface area contributed by atoms with E-state index in [1.54, 1.807) is 25.1 Å². The van der Waals surface area contributed by atoms with E-state index in [1.165, 1.54) is 12.1 Å². The molecule has 1 amide bonds. The molecule has 13 heteroatoms. The van der Waals surface area contributed by atoms with Crippen LogP contribution in [0.15, 0.2) is 42.2 Å². The van der Waals surface area contributed by atoms with E-state index in [0.717, 1.165) is 50.0 Å². The molecule has 1 fully saturated rings. The lowest BCUT2D eigenvalue weighted by Crippen LogP contribution is -2.42. The number of carboxylic acids is 3. The number of carbonyl (C=O) groups is 4. The first-order chi connectivity index (χ1) is 26.6. The van der Waals surface area contributed by atoms with Crippen molar-refractivity contribution in [2.24, 2.45) is 11.8 Å². The maximum atomic E-state index is 14.1. The van der Waals surface area contributed by atoms with E-state index in [-0.39, 0.29) is 47.8 Å². The second-order valence-corrected chi connectivity index (χ2v) is 14.6. The third kappa shape index (κ3) is 7.57. The molecule has 6 rings (SSSR count). The smallest absolute Gasteiger partial charge is 0.338 e. The number of nitrogens with one attached hydrogen (secondary N) is 5. The molecule has 5 heterocycles. The average molecular weight is 762 g/mol. The number of aromatic hydroxyl groups is 1. The lowest BCUT2D eigenvalue weighted by molar-refractivity contribution is -0.141. The number of aliphatic carboxylic acids is 2. The summed E-state index contributed by atoms with van der Waals surface area (Å²) in [6.07, 6.45) is 7.81. The monoisotopic (exact) mass is 761 g/mol. The Morgan fingerprint density at radius 3 is 2.20 bits per heavy atom. The standard InChI is InChI=1S/C43H47N5O8/c1-7-26-20(3)30-17-32-22(5)28(13-14-38(51)52)40(47-32)29(16-37(50)46-36(42(53)54)15-24-9-11-25(49)12-10-24)41-39(43(55)56)23(6)33(48-41)19-35-27(8-2)21(4)31(45-35)18-34(26)44-30/h7,9-12,17-19,22,28,36,44-45,47-49H,1,8,13-16H2,2-6H3,(H,46,50)(H,51,52)(H,53,54)(H,55,56)/t22-,28-,36-/m0/s1. The minimum atomic E-state index is -1.34. The Morgan fingerprint density at radius 1 is 0.893 bits per heavy atom. The number of benzene rings is 1. The van der Waals surface area contributed by atoms with Gasteiger partial charge in [0, 0.05) is 75.0 Å². The van der Waals surface area contributed by atoms with E-state index in [1.807, 2.05) is 45.9 Å². The number of H-pyrrole nitrogens is 3. The SMILES string of the molecule is C=Cc1c2[nH]c(c1C)C=C1NC(=C(CC(=O)N[C@@H](Cc3ccc(O)cc3)C(=O)O)c3[nH]c(c(C)c3C(=O)O)C=c3[nH]c(c(C)c3CC)=C2)[C@@H](CCC(=O)O)[C@@H]1C. The zero-order valence-electron chi connectivity index (χ0n) is 32.0. The topological polar surface area (TPSA) is 221 Å². The van der Waals surface area contributed by atoms with Gasteiger partial charge in [-0.25, -0.2) is 9.59 Å². The van der Waals surface area contributed by atoms with Gasteiger partial charge in [0.15, 0.2) is 0 Å². The van der Waals surface area contributed by atoms with Gasteiger partial charge in [0.05, 0.1) is 17.7 Å². The van der Waals surface area contributed by atoms with Crippen molar-refractivity contribution in [1.29, 1.82) is 0 Å². The van der Waals surface area contributed by atoms with Gasteiger partial charge in [-0.3, -0.25) is 9.59 Å². The van der Waals surface area contributed by atoms with Gasteiger partial charge in [0.1, 0.15) is 11.8 Å². The number of fused-ring (bicyclic) bond motifs is 8. The number of rotatable bonds is 12. The van der Waals surface area contributed by atoms with Crippen molar-refractivity contribution < 1.29 is 39.6 Å². The summed E-state index contributed by atoms with van der Waals surface area (Å²) in [4.78, 5) is 62.0.